The van der Waals surface area contributed by atoms with Gasteiger partial charge in [-0.05, 0) is 37.1 Å². The van der Waals surface area contributed by atoms with Gasteiger partial charge in [0.15, 0.2) is 0 Å². The van der Waals surface area contributed by atoms with Crippen LogP contribution in [0, 0.1) is 5.92 Å². The predicted octanol–water partition coefficient (Wildman–Crippen LogP) is 2.93. The van der Waals surface area contributed by atoms with Crippen LogP contribution in [0.15, 0.2) is 18.2 Å². The number of hydrogen-bond donors (Lipinski definition) is 2. The molecule has 1 aromatic carbocycles. The summed E-state index contributed by atoms with van der Waals surface area (Å²) in [6.07, 6.45) is 1.03. The van der Waals surface area contributed by atoms with Crippen LogP contribution in [0.25, 0.3) is 0 Å². The van der Waals surface area contributed by atoms with Crippen LogP contribution in [0.2, 0.25) is 10.0 Å². The highest BCUT2D eigenvalue weighted by Crippen LogP contribution is 2.25. The first-order chi connectivity index (χ1) is 8.08. The van der Waals surface area contributed by atoms with E-state index in [0.717, 1.165) is 13.0 Å². The van der Waals surface area contributed by atoms with Crippen molar-refractivity contribution in [2.45, 2.75) is 19.4 Å². The smallest absolute Gasteiger partial charge is 0.241 e. The fraction of sp³-hybridized carbons (Fsp3) is 0.417. The molecule has 1 fully saturated rings. The first-order valence-corrected chi connectivity index (χ1v) is 6.33. The van der Waals surface area contributed by atoms with Gasteiger partial charge >= 0.3 is 0 Å². The third-order valence-electron chi connectivity index (χ3n) is 3.00. The zero-order valence-electron chi connectivity index (χ0n) is 9.47. The summed E-state index contributed by atoms with van der Waals surface area (Å²) in [6.45, 7) is 2.96. The number of nitrogens with one attached hydrogen (secondary N) is 2. The first-order valence-electron chi connectivity index (χ1n) is 5.57. The van der Waals surface area contributed by atoms with Crippen LogP contribution in [-0.2, 0) is 4.79 Å². The van der Waals surface area contributed by atoms with Gasteiger partial charge in [-0.3, -0.25) is 4.79 Å². The highest BCUT2D eigenvalue weighted by molar-refractivity contribution is 6.42. The Balaban J connectivity index is 2.05. The topological polar surface area (TPSA) is 41.1 Å². The maximum Gasteiger partial charge on any atom is 0.241 e. The minimum Gasteiger partial charge on any atom is -0.325 e. The van der Waals surface area contributed by atoms with E-state index in [1.165, 1.54) is 0 Å². The van der Waals surface area contributed by atoms with E-state index in [9.17, 15) is 4.79 Å². The molecule has 1 aromatic rings. The molecular weight excluding hydrogens is 259 g/mol. The van der Waals surface area contributed by atoms with Gasteiger partial charge in [0.1, 0.15) is 0 Å². The summed E-state index contributed by atoms with van der Waals surface area (Å²) >= 11 is 11.7. The number of benzene rings is 1. The van der Waals surface area contributed by atoms with Crippen LogP contribution in [0.1, 0.15) is 13.3 Å². The Hall–Kier alpha value is -0.770. The third kappa shape index (κ3) is 2.92. The molecule has 0 saturated carbocycles. The summed E-state index contributed by atoms with van der Waals surface area (Å²) < 4.78 is 0. The van der Waals surface area contributed by atoms with Crippen molar-refractivity contribution in [3.05, 3.63) is 28.2 Å². The largest absolute Gasteiger partial charge is 0.325 e. The molecule has 92 valence electrons. The molecule has 3 nitrogen and oxygen atoms in total. The van der Waals surface area contributed by atoms with Crippen molar-refractivity contribution in [2.24, 2.45) is 5.92 Å². The Labute approximate surface area is 110 Å². The van der Waals surface area contributed by atoms with E-state index in [0.29, 0.717) is 21.7 Å². The Morgan fingerprint density at radius 3 is 2.76 bits per heavy atom. The summed E-state index contributed by atoms with van der Waals surface area (Å²) in [5.74, 6) is 0.339. The molecule has 2 unspecified atom stereocenters. The fourth-order valence-electron chi connectivity index (χ4n) is 1.98. The summed E-state index contributed by atoms with van der Waals surface area (Å²) in [6, 6.07) is 4.95. The number of carbonyl (C=O) groups excluding carboxylic acids is 1. The number of halogens is 2. The molecule has 1 heterocycles. The van der Waals surface area contributed by atoms with E-state index in [2.05, 4.69) is 17.6 Å². The van der Waals surface area contributed by atoms with Crippen LogP contribution < -0.4 is 10.6 Å². The average molecular weight is 273 g/mol. The van der Waals surface area contributed by atoms with E-state index < -0.39 is 0 Å². The van der Waals surface area contributed by atoms with E-state index in [1.54, 1.807) is 18.2 Å². The fourth-order valence-corrected chi connectivity index (χ4v) is 2.28. The van der Waals surface area contributed by atoms with Crippen molar-refractivity contribution >= 4 is 34.8 Å². The van der Waals surface area contributed by atoms with E-state index in [4.69, 9.17) is 23.2 Å². The van der Waals surface area contributed by atoms with Crippen LogP contribution >= 0.6 is 23.2 Å². The highest BCUT2D eigenvalue weighted by atomic mass is 35.5. The van der Waals surface area contributed by atoms with E-state index >= 15 is 0 Å². The van der Waals surface area contributed by atoms with Gasteiger partial charge in [0.05, 0.1) is 16.1 Å². The molecule has 2 rings (SSSR count). The zero-order valence-corrected chi connectivity index (χ0v) is 11.0. The number of rotatable bonds is 2. The molecular formula is C12H14Cl2N2O. The number of anilines is 1. The predicted molar refractivity (Wildman–Crippen MR) is 70.7 cm³/mol. The second-order valence-electron chi connectivity index (χ2n) is 4.32. The first kappa shape index (κ1) is 12.7. The number of hydrogen-bond acceptors (Lipinski definition) is 2. The maximum absolute atomic E-state index is 12.0. The highest BCUT2D eigenvalue weighted by Gasteiger charge is 2.29. The van der Waals surface area contributed by atoms with Crippen LogP contribution in [-0.4, -0.2) is 18.5 Å². The Morgan fingerprint density at radius 2 is 2.18 bits per heavy atom. The lowest BCUT2D eigenvalue weighted by Gasteiger charge is -2.15. The van der Waals surface area contributed by atoms with Gasteiger partial charge in [-0.2, -0.15) is 0 Å². The van der Waals surface area contributed by atoms with Gasteiger partial charge in [0.25, 0.3) is 0 Å². The van der Waals surface area contributed by atoms with Crippen molar-refractivity contribution in [2.75, 3.05) is 11.9 Å². The number of carbonyl (C=O) groups is 1. The van der Waals surface area contributed by atoms with Gasteiger partial charge in [-0.25, -0.2) is 0 Å². The lowest BCUT2D eigenvalue weighted by molar-refractivity contribution is -0.118. The molecule has 2 atom stereocenters. The molecule has 0 radical (unpaired) electrons. The van der Waals surface area contributed by atoms with E-state index in [1.807, 2.05) is 0 Å². The summed E-state index contributed by atoms with van der Waals surface area (Å²) in [4.78, 5) is 12.0. The Morgan fingerprint density at radius 1 is 1.41 bits per heavy atom. The summed E-state index contributed by atoms with van der Waals surface area (Å²) in [7, 11) is 0. The van der Waals surface area contributed by atoms with Crippen molar-refractivity contribution in [1.82, 2.24) is 5.32 Å². The second kappa shape index (κ2) is 5.25. The van der Waals surface area contributed by atoms with Gasteiger partial charge in [0.2, 0.25) is 5.91 Å². The molecule has 17 heavy (non-hydrogen) atoms. The SMILES string of the molecule is CC1CCNC1C(=O)Nc1ccc(Cl)c(Cl)c1. The van der Waals surface area contributed by atoms with Gasteiger partial charge in [-0.1, -0.05) is 30.1 Å². The molecule has 1 aliphatic heterocycles. The molecule has 0 bridgehead atoms. The quantitative estimate of drug-likeness (QED) is 0.869. The molecule has 2 N–H and O–H groups in total. The monoisotopic (exact) mass is 272 g/mol. The van der Waals surface area contributed by atoms with Gasteiger partial charge < -0.3 is 10.6 Å². The Kier molecular flexibility index (Phi) is 3.92. The molecule has 5 heteroatoms. The van der Waals surface area contributed by atoms with Gasteiger partial charge in [-0.15, -0.1) is 0 Å². The Bertz CT molecular complexity index is 437. The lowest BCUT2D eigenvalue weighted by atomic mass is 10.0. The third-order valence-corrected chi connectivity index (χ3v) is 3.74. The maximum atomic E-state index is 12.0. The molecule has 1 saturated heterocycles. The lowest BCUT2D eigenvalue weighted by Crippen LogP contribution is -2.39. The molecule has 1 amide bonds. The molecule has 0 aromatic heterocycles. The van der Waals surface area contributed by atoms with Crippen molar-refractivity contribution in [3.63, 3.8) is 0 Å². The minimum absolute atomic E-state index is 0.0200. The molecule has 0 aliphatic carbocycles. The molecule has 1 aliphatic rings. The average Bonchev–Trinajstić information content (AvgIpc) is 2.70. The minimum atomic E-state index is -0.121. The summed E-state index contributed by atoms with van der Waals surface area (Å²) in [5.41, 5.74) is 0.672. The summed E-state index contributed by atoms with van der Waals surface area (Å²) in [5, 5.41) is 6.94. The van der Waals surface area contributed by atoms with Crippen molar-refractivity contribution < 1.29 is 4.79 Å². The normalized spacial score (nSPS) is 23.7. The van der Waals surface area contributed by atoms with Gasteiger partial charge in [0, 0.05) is 5.69 Å². The number of amides is 1. The van der Waals surface area contributed by atoms with Crippen LogP contribution in [0.4, 0.5) is 5.69 Å². The van der Waals surface area contributed by atoms with E-state index in [-0.39, 0.29) is 11.9 Å². The molecule has 0 spiro atoms. The van der Waals surface area contributed by atoms with Crippen molar-refractivity contribution in [1.29, 1.82) is 0 Å². The van der Waals surface area contributed by atoms with Crippen LogP contribution in [0.5, 0.6) is 0 Å². The standard InChI is InChI=1S/C12H14Cl2N2O/c1-7-4-5-15-11(7)12(17)16-8-2-3-9(13)10(14)6-8/h2-3,6-7,11,15H,4-5H2,1H3,(H,16,17). The van der Waals surface area contributed by atoms with Crippen molar-refractivity contribution in [3.8, 4) is 0 Å². The second-order valence-corrected chi connectivity index (χ2v) is 5.13. The zero-order chi connectivity index (χ0) is 12.4. The van der Waals surface area contributed by atoms with Crippen LogP contribution in [0.3, 0.4) is 0 Å².